The molecule has 4 heteroatoms. The molecule has 0 spiro atoms. The van der Waals surface area contributed by atoms with Crippen molar-refractivity contribution in [2.45, 2.75) is 130 Å². The molecule has 2 rings (SSSR count). The van der Waals surface area contributed by atoms with Crippen molar-refractivity contribution in [2.24, 2.45) is 0 Å². The summed E-state index contributed by atoms with van der Waals surface area (Å²) in [4.78, 5) is 12.8. The lowest BCUT2D eigenvalue weighted by molar-refractivity contribution is 0.0625. The summed E-state index contributed by atoms with van der Waals surface area (Å²) < 4.78 is 17.7. The van der Waals surface area contributed by atoms with Crippen LogP contribution < -0.4 is 9.47 Å². The zero-order valence-corrected chi connectivity index (χ0v) is 25.1. The number of benzene rings is 2. The molecular weight excluding hydrogens is 484 g/mol. The lowest BCUT2D eigenvalue weighted by Crippen LogP contribution is -2.10. The van der Waals surface area contributed by atoms with E-state index in [1.165, 1.54) is 89.9 Å². The van der Waals surface area contributed by atoms with Gasteiger partial charge in [0.2, 0.25) is 0 Å². The SMILES string of the molecule is CCCCCCCCCCCCOc1ccccc1OC(=O)c1ccc(C(C)OCCCCCCCC)cc1. The summed E-state index contributed by atoms with van der Waals surface area (Å²) in [5.41, 5.74) is 1.59. The van der Waals surface area contributed by atoms with Crippen molar-refractivity contribution >= 4 is 5.97 Å². The molecular formula is C35H54O4. The van der Waals surface area contributed by atoms with Crippen LogP contribution in [0.4, 0.5) is 0 Å². The maximum absolute atomic E-state index is 12.8. The summed E-state index contributed by atoms with van der Waals surface area (Å²) in [6, 6.07) is 15.0. The minimum Gasteiger partial charge on any atom is -0.490 e. The van der Waals surface area contributed by atoms with Gasteiger partial charge in [-0.25, -0.2) is 4.79 Å². The average Bonchev–Trinajstić information content (AvgIpc) is 2.96. The van der Waals surface area contributed by atoms with Gasteiger partial charge in [0.05, 0.1) is 18.3 Å². The fraction of sp³-hybridized carbons (Fsp3) is 0.629. The molecule has 0 N–H and O–H groups in total. The van der Waals surface area contributed by atoms with E-state index < -0.39 is 0 Å². The van der Waals surface area contributed by atoms with Crippen LogP contribution in [0.5, 0.6) is 11.5 Å². The Morgan fingerprint density at radius 1 is 0.615 bits per heavy atom. The Balaban J connectivity index is 1.68. The fourth-order valence-electron chi connectivity index (χ4n) is 4.71. The Labute approximate surface area is 238 Å². The van der Waals surface area contributed by atoms with Crippen LogP contribution in [0.25, 0.3) is 0 Å². The van der Waals surface area contributed by atoms with Crippen LogP contribution in [-0.2, 0) is 4.74 Å². The maximum Gasteiger partial charge on any atom is 0.343 e. The zero-order valence-electron chi connectivity index (χ0n) is 25.1. The van der Waals surface area contributed by atoms with Crippen LogP contribution >= 0.6 is 0 Å². The zero-order chi connectivity index (χ0) is 28.0. The van der Waals surface area contributed by atoms with E-state index in [0.717, 1.165) is 25.0 Å². The summed E-state index contributed by atoms with van der Waals surface area (Å²) in [6.45, 7) is 7.97. The van der Waals surface area contributed by atoms with E-state index in [1.807, 2.05) is 42.5 Å². The molecule has 0 saturated heterocycles. The van der Waals surface area contributed by atoms with E-state index in [4.69, 9.17) is 14.2 Å². The number of ether oxygens (including phenoxy) is 3. The number of hydrogen-bond donors (Lipinski definition) is 0. The van der Waals surface area contributed by atoms with Gasteiger partial charge in [0.25, 0.3) is 0 Å². The number of carbonyl (C=O) groups excluding carboxylic acids is 1. The van der Waals surface area contributed by atoms with Gasteiger partial charge in [-0.15, -0.1) is 0 Å². The van der Waals surface area contributed by atoms with Gasteiger partial charge < -0.3 is 14.2 Å². The minimum absolute atomic E-state index is 0.00522. The molecule has 218 valence electrons. The Bertz CT molecular complexity index is 876. The molecule has 0 aromatic heterocycles. The highest BCUT2D eigenvalue weighted by Crippen LogP contribution is 2.28. The first-order valence-electron chi connectivity index (χ1n) is 15.8. The first-order valence-corrected chi connectivity index (χ1v) is 15.8. The number of para-hydroxylation sites is 2. The fourth-order valence-corrected chi connectivity index (χ4v) is 4.71. The standard InChI is InChI=1S/C35H54O4/c1-4-6-8-10-12-13-14-15-17-21-29-38-33-22-18-19-23-34(33)39-35(36)32-26-24-31(25-27-32)30(3)37-28-20-16-11-9-7-5-2/h18-19,22-27,30H,4-17,20-21,28-29H2,1-3H3. The lowest BCUT2D eigenvalue weighted by atomic mass is 10.1. The van der Waals surface area contributed by atoms with Gasteiger partial charge in [0, 0.05) is 6.61 Å². The molecule has 0 heterocycles. The molecule has 4 nitrogen and oxygen atoms in total. The van der Waals surface area contributed by atoms with E-state index >= 15 is 0 Å². The Morgan fingerprint density at radius 3 is 1.67 bits per heavy atom. The molecule has 0 aliphatic heterocycles. The van der Waals surface area contributed by atoms with Gasteiger partial charge in [-0.05, 0) is 49.6 Å². The molecule has 2 aromatic rings. The third-order valence-electron chi connectivity index (χ3n) is 7.29. The molecule has 1 unspecified atom stereocenters. The van der Waals surface area contributed by atoms with Gasteiger partial charge >= 0.3 is 5.97 Å². The Kier molecular flexibility index (Phi) is 18.1. The van der Waals surface area contributed by atoms with E-state index in [0.29, 0.717) is 23.7 Å². The largest absolute Gasteiger partial charge is 0.490 e. The smallest absolute Gasteiger partial charge is 0.343 e. The summed E-state index contributed by atoms with van der Waals surface area (Å²) in [5.74, 6) is 0.710. The van der Waals surface area contributed by atoms with Crippen LogP contribution in [0, 0.1) is 0 Å². The highest BCUT2D eigenvalue weighted by atomic mass is 16.6. The molecule has 2 aromatic carbocycles. The quantitative estimate of drug-likeness (QED) is 0.0802. The van der Waals surface area contributed by atoms with E-state index in [-0.39, 0.29) is 12.1 Å². The lowest BCUT2D eigenvalue weighted by Gasteiger charge is -2.14. The Morgan fingerprint density at radius 2 is 1.10 bits per heavy atom. The Hall–Kier alpha value is -2.33. The monoisotopic (exact) mass is 538 g/mol. The van der Waals surface area contributed by atoms with E-state index in [2.05, 4.69) is 20.8 Å². The maximum atomic E-state index is 12.8. The molecule has 0 radical (unpaired) electrons. The third kappa shape index (κ3) is 14.6. The highest BCUT2D eigenvalue weighted by Gasteiger charge is 2.14. The van der Waals surface area contributed by atoms with Crippen LogP contribution in [-0.4, -0.2) is 19.2 Å². The molecule has 0 amide bonds. The minimum atomic E-state index is -0.378. The third-order valence-corrected chi connectivity index (χ3v) is 7.29. The first-order chi connectivity index (χ1) is 19.2. The number of carbonyl (C=O) groups is 1. The predicted octanol–water partition coefficient (Wildman–Crippen LogP) is 10.6. The number of esters is 1. The number of rotatable bonds is 23. The number of unbranched alkanes of at least 4 members (excludes halogenated alkanes) is 14. The van der Waals surface area contributed by atoms with Crippen molar-refractivity contribution in [3.05, 3.63) is 59.7 Å². The van der Waals surface area contributed by atoms with Crippen molar-refractivity contribution in [3.63, 3.8) is 0 Å². The summed E-state index contributed by atoms with van der Waals surface area (Å²) in [5, 5.41) is 0. The molecule has 39 heavy (non-hydrogen) atoms. The van der Waals surface area contributed by atoms with Crippen molar-refractivity contribution in [3.8, 4) is 11.5 Å². The molecule has 1 atom stereocenters. The summed E-state index contributed by atoms with van der Waals surface area (Å²) >= 11 is 0. The van der Waals surface area contributed by atoms with Crippen LogP contribution in [0.1, 0.15) is 146 Å². The molecule has 0 fully saturated rings. The van der Waals surface area contributed by atoms with Crippen LogP contribution in [0.3, 0.4) is 0 Å². The van der Waals surface area contributed by atoms with Gasteiger partial charge in [0.15, 0.2) is 11.5 Å². The van der Waals surface area contributed by atoms with Gasteiger partial charge in [-0.3, -0.25) is 0 Å². The second kappa shape index (κ2) is 21.5. The van der Waals surface area contributed by atoms with Crippen molar-refractivity contribution < 1.29 is 19.0 Å². The summed E-state index contributed by atoms with van der Waals surface area (Å²) in [7, 11) is 0. The average molecular weight is 539 g/mol. The van der Waals surface area contributed by atoms with Gasteiger partial charge in [-0.2, -0.15) is 0 Å². The van der Waals surface area contributed by atoms with E-state index in [1.54, 1.807) is 6.07 Å². The van der Waals surface area contributed by atoms with Crippen LogP contribution in [0.15, 0.2) is 48.5 Å². The second-order valence-electron chi connectivity index (χ2n) is 10.8. The topological polar surface area (TPSA) is 44.8 Å². The molecule has 0 aliphatic carbocycles. The summed E-state index contributed by atoms with van der Waals surface area (Å²) in [6.07, 6.45) is 20.4. The molecule has 0 saturated carbocycles. The van der Waals surface area contributed by atoms with Gasteiger partial charge in [0.1, 0.15) is 0 Å². The van der Waals surface area contributed by atoms with Crippen molar-refractivity contribution in [2.75, 3.05) is 13.2 Å². The normalized spacial score (nSPS) is 11.9. The number of hydrogen-bond acceptors (Lipinski definition) is 4. The van der Waals surface area contributed by atoms with Crippen molar-refractivity contribution in [1.82, 2.24) is 0 Å². The molecule has 0 aliphatic rings. The van der Waals surface area contributed by atoms with Crippen molar-refractivity contribution in [1.29, 1.82) is 0 Å². The van der Waals surface area contributed by atoms with E-state index in [9.17, 15) is 4.79 Å². The predicted molar refractivity (Wildman–Crippen MR) is 163 cm³/mol. The second-order valence-corrected chi connectivity index (χ2v) is 10.8. The highest BCUT2D eigenvalue weighted by molar-refractivity contribution is 5.91. The van der Waals surface area contributed by atoms with Crippen LogP contribution in [0.2, 0.25) is 0 Å². The first kappa shape index (κ1) is 32.9. The van der Waals surface area contributed by atoms with Gasteiger partial charge in [-0.1, -0.05) is 128 Å². The molecule has 0 bridgehead atoms.